The minimum Gasteiger partial charge on any atom is -0.391 e. The van der Waals surface area contributed by atoms with Crippen molar-refractivity contribution in [2.45, 2.75) is 37.8 Å². The zero-order valence-corrected chi connectivity index (χ0v) is 18.9. The predicted molar refractivity (Wildman–Crippen MR) is 129 cm³/mol. The van der Waals surface area contributed by atoms with Gasteiger partial charge in [-0.25, -0.2) is 9.50 Å². The molecule has 172 valence electrons. The van der Waals surface area contributed by atoms with E-state index in [0.717, 1.165) is 22.5 Å². The lowest BCUT2D eigenvalue weighted by atomic mass is 9.86. The molecule has 34 heavy (non-hydrogen) atoms. The summed E-state index contributed by atoms with van der Waals surface area (Å²) in [6.07, 6.45) is 3.63. The molecule has 0 saturated carbocycles. The summed E-state index contributed by atoms with van der Waals surface area (Å²) in [5.41, 5.74) is 3.73. The Bertz CT molecular complexity index is 1400. The maximum Gasteiger partial charge on any atom is 0.247 e. The van der Waals surface area contributed by atoms with Gasteiger partial charge in [0.05, 0.1) is 17.6 Å². The van der Waals surface area contributed by atoms with Crippen LogP contribution in [0.2, 0.25) is 0 Å². The number of β-amino-alcohol motifs (C(OH)–C–C–N with tert-alkyl or cyclic N) is 1. The molecule has 9 heteroatoms. The first-order chi connectivity index (χ1) is 16.4. The van der Waals surface area contributed by atoms with Crippen molar-refractivity contribution < 1.29 is 9.90 Å². The molecule has 0 spiro atoms. The fraction of sp³-hybridized carbons (Fsp3) is 0.280. The van der Waals surface area contributed by atoms with E-state index >= 15 is 0 Å². The first kappa shape index (κ1) is 20.6. The molecular formula is C25H25N7O2. The number of hydrogen-bond acceptors (Lipinski definition) is 7. The number of carbonyl (C=O) groups is 1. The number of nitrogens with zero attached hydrogens (tertiary/aromatic N) is 5. The van der Waals surface area contributed by atoms with Crippen LogP contribution in [0.25, 0.3) is 5.65 Å². The molecule has 1 amide bonds. The Labute approximate surface area is 196 Å². The molecule has 2 aliphatic rings. The summed E-state index contributed by atoms with van der Waals surface area (Å²) in [6, 6.07) is 15.9. The summed E-state index contributed by atoms with van der Waals surface area (Å²) in [7, 11) is 0. The number of fused-ring (bicyclic) bond motifs is 2. The quantitative estimate of drug-likeness (QED) is 0.433. The van der Waals surface area contributed by atoms with Crippen LogP contribution in [-0.4, -0.2) is 43.2 Å². The molecule has 2 atom stereocenters. The predicted octanol–water partition coefficient (Wildman–Crippen LogP) is 3.41. The minimum absolute atomic E-state index is 0.00619. The number of anilines is 4. The van der Waals surface area contributed by atoms with E-state index in [0.29, 0.717) is 30.4 Å². The second kappa shape index (κ2) is 7.53. The van der Waals surface area contributed by atoms with Crippen LogP contribution in [0.3, 0.4) is 0 Å². The van der Waals surface area contributed by atoms with Gasteiger partial charge in [0.25, 0.3) is 0 Å². The summed E-state index contributed by atoms with van der Waals surface area (Å²) in [5, 5.41) is 21.2. The molecule has 4 aromatic rings. The molecule has 0 radical (unpaired) electrons. The topological polar surface area (TPSA) is 108 Å². The Balaban J connectivity index is 1.33. The van der Waals surface area contributed by atoms with Crippen molar-refractivity contribution in [3.8, 4) is 0 Å². The fourth-order valence-electron chi connectivity index (χ4n) is 4.90. The number of carbonyl (C=O) groups excluding carboxylic acids is 1. The smallest absolute Gasteiger partial charge is 0.247 e. The highest BCUT2D eigenvalue weighted by Gasteiger charge is 2.38. The Hall–Kier alpha value is -3.98. The highest BCUT2D eigenvalue weighted by molar-refractivity contribution is 6.06. The Morgan fingerprint density at radius 1 is 1.18 bits per heavy atom. The number of rotatable bonds is 4. The molecule has 3 N–H and O–H groups in total. The number of aliphatic hydroxyl groups excluding tert-OH is 1. The molecule has 1 saturated heterocycles. The van der Waals surface area contributed by atoms with Crippen molar-refractivity contribution >= 4 is 34.7 Å². The van der Waals surface area contributed by atoms with E-state index in [1.165, 1.54) is 0 Å². The van der Waals surface area contributed by atoms with E-state index in [-0.39, 0.29) is 11.9 Å². The number of amides is 1. The van der Waals surface area contributed by atoms with Crippen molar-refractivity contribution in [1.82, 2.24) is 19.6 Å². The second-order valence-corrected chi connectivity index (χ2v) is 9.39. The standard InChI is InChI=1S/C25H25N7O2/c1-25(2)18-9-8-16(12-19(18)28-23(25)34)27-24-29-22-21(26-10-11-32(22)30-24)31-14-17(33)13-20(31)15-6-4-3-5-7-15/h3-12,17,20,33H,13-14H2,1-2H3,(H,27,30)(H,28,34)/t17-,20-/m1/s1. The zero-order chi connectivity index (χ0) is 23.4. The van der Waals surface area contributed by atoms with Gasteiger partial charge in [-0.2, -0.15) is 4.98 Å². The molecule has 0 aliphatic carbocycles. The molecule has 0 bridgehead atoms. The van der Waals surface area contributed by atoms with E-state index in [9.17, 15) is 9.90 Å². The third-order valence-electron chi connectivity index (χ3n) is 6.74. The van der Waals surface area contributed by atoms with Gasteiger partial charge in [-0.3, -0.25) is 4.79 Å². The average molecular weight is 456 g/mol. The summed E-state index contributed by atoms with van der Waals surface area (Å²) in [5.74, 6) is 1.09. The first-order valence-electron chi connectivity index (χ1n) is 11.3. The zero-order valence-electron chi connectivity index (χ0n) is 18.9. The van der Waals surface area contributed by atoms with E-state index in [2.05, 4.69) is 37.7 Å². The van der Waals surface area contributed by atoms with Crippen LogP contribution in [0.4, 0.5) is 23.1 Å². The van der Waals surface area contributed by atoms with Gasteiger partial charge in [-0.15, -0.1) is 5.10 Å². The largest absolute Gasteiger partial charge is 0.391 e. The molecule has 2 aromatic heterocycles. The normalized spacial score (nSPS) is 21.0. The van der Waals surface area contributed by atoms with Crippen molar-refractivity contribution in [2.24, 2.45) is 0 Å². The van der Waals surface area contributed by atoms with E-state index in [4.69, 9.17) is 4.98 Å². The van der Waals surface area contributed by atoms with Gasteiger partial charge in [0.2, 0.25) is 11.9 Å². The van der Waals surface area contributed by atoms with Crippen LogP contribution in [-0.2, 0) is 10.2 Å². The van der Waals surface area contributed by atoms with Gasteiger partial charge < -0.3 is 20.6 Å². The third kappa shape index (κ3) is 3.28. The van der Waals surface area contributed by atoms with Crippen molar-refractivity contribution in [3.05, 3.63) is 72.1 Å². The molecule has 1 fully saturated rings. The summed E-state index contributed by atoms with van der Waals surface area (Å²) in [6.45, 7) is 4.30. The highest BCUT2D eigenvalue weighted by atomic mass is 16.3. The monoisotopic (exact) mass is 455 g/mol. The average Bonchev–Trinajstić information content (AvgIpc) is 3.47. The summed E-state index contributed by atoms with van der Waals surface area (Å²) in [4.78, 5) is 23.7. The molecular weight excluding hydrogens is 430 g/mol. The number of benzene rings is 2. The minimum atomic E-state index is -0.550. The Morgan fingerprint density at radius 3 is 2.82 bits per heavy atom. The number of hydrogen-bond donors (Lipinski definition) is 3. The second-order valence-electron chi connectivity index (χ2n) is 9.39. The molecule has 6 rings (SSSR count). The summed E-state index contributed by atoms with van der Waals surface area (Å²) < 4.78 is 1.69. The molecule has 9 nitrogen and oxygen atoms in total. The maximum absolute atomic E-state index is 12.3. The molecule has 0 unspecified atom stereocenters. The fourth-order valence-corrected chi connectivity index (χ4v) is 4.90. The van der Waals surface area contributed by atoms with Gasteiger partial charge >= 0.3 is 0 Å². The SMILES string of the molecule is CC1(C)C(=O)Nc2cc(Nc3nc4c(N5C[C@H](O)C[C@@H]5c5ccccc5)nccn4n3)ccc21. The van der Waals surface area contributed by atoms with Gasteiger partial charge in [-0.1, -0.05) is 36.4 Å². The molecule has 4 heterocycles. The Morgan fingerprint density at radius 2 is 2.00 bits per heavy atom. The van der Waals surface area contributed by atoms with Crippen LogP contribution in [0.15, 0.2) is 60.9 Å². The van der Waals surface area contributed by atoms with Crippen LogP contribution < -0.4 is 15.5 Å². The van der Waals surface area contributed by atoms with Crippen LogP contribution in [0.1, 0.15) is 37.4 Å². The van der Waals surface area contributed by atoms with Gasteiger partial charge in [0, 0.05) is 30.3 Å². The van der Waals surface area contributed by atoms with Crippen molar-refractivity contribution in [3.63, 3.8) is 0 Å². The van der Waals surface area contributed by atoms with E-state index < -0.39 is 11.5 Å². The maximum atomic E-state index is 12.3. The molecule has 2 aliphatic heterocycles. The first-order valence-corrected chi connectivity index (χ1v) is 11.3. The van der Waals surface area contributed by atoms with Crippen LogP contribution in [0, 0.1) is 0 Å². The van der Waals surface area contributed by atoms with Crippen molar-refractivity contribution in [1.29, 1.82) is 0 Å². The Kier molecular flexibility index (Phi) is 4.56. The van der Waals surface area contributed by atoms with E-state index in [1.54, 1.807) is 16.9 Å². The van der Waals surface area contributed by atoms with Gasteiger partial charge in [0.15, 0.2) is 11.5 Å². The lowest BCUT2D eigenvalue weighted by Crippen LogP contribution is -2.26. The van der Waals surface area contributed by atoms with Crippen molar-refractivity contribution in [2.75, 3.05) is 22.1 Å². The lowest BCUT2D eigenvalue weighted by molar-refractivity contribution is -0.119. The molecule has 2 aromatic carbocycles. The highest BCUT2D eigenvalue weighted by Crippen LogP contribution is 2.39. The number of aromatic nitrogens is 4. The number of nitrogens with one attached hydrogen (secondary N) is 2. The van der Waals surface area contributed by atoms with Crippen LogP contribution >= 0.6 is 0 Å². The lowest BCUT2D eigenvalue weighted by Gasteiger charge is -2.25. The van der Waals surface area contributed by atoms with Gasteiger partial charge in [-0.05, 0) is 43.5 Å². The summed E-state index contributed by atoms with van der Waals surface area (Å²) >= 11 is 0. The van der Waals surface area contributed by atoms with Crippen LogP contribution in [0.5, 0.6) is 0 Å². The van der Waals surface area contributed by atoms with E-state index in [1.807, 2.05) is 50.2 Å². The van der Waals surface area contributed by atoms with Gasteiger partial charge in [0.1, 0.15) is 0 Å². The third-order valence-corrected chi connectivity index (χ3v) is 6.74. The number of aliphatic hydroxyl groups is 1.